The molecule has 0 amide bonds. The monoisotopic (exact) mass is 364 g/mol. The number of aromatic nitrogens is 4. The minimum absolute atomic E-state index is 0.00527. The number of aryl methyl sites for hydroxylation is 1. The van der Waals surface area contributed by atoms with Crippen LogP contribution < -0.4 is 0 Å². The van der Waals surface area contributed by atoms with Gasteiger partial charge in [0, 0.05) is 11.3 Å². The van der Waals surface area contributed by atoms with Gasteiger partial charge in [-0.25, -0.2) is 4.39 Å². The first-order valence-electron chi connectivity index (χ1n) is 6.61. The normalized spacial score (nSPS) is 11.6. The fourth-order valence-corrected chi connectivity index (χ4v) is 2.11. The van der Waals surface area contributed by atoms with E-state index in [-0.39, 0.29) is 11.3 Å². The fraction of sp³-hybridized carbons (Fsp3) is 0.214. The van der Waals surface area contributed by atoms with Gasteiger partial charge in [-0.15, -0.1) is 10.2 Å². The third-order valence-corrected chi connectivity index (χ3v) is 3.05. The van der Waals surface area contributed by atoms with Gasteiger partial charge in [0.25, 0.3) is 0 Å². The van der Waals surface area contributed by atoms with E-state index in [0.717, 1.165) is 4.40 Å². The molecule has 0 aliphatic heterocycles. The summed E-state index contributed by atoms with van der Waals surface area (Å²) in [6.07, 6.45) is -3.42. The zero-order valence-corrected chi connectivity index (χ0v) is 12.5. The van der Waals surface area contributed by atoms with E-state index in [2.05, 4.69) is 15.2 Å². The number of alkyl halides is 5. The Morgan fingerprint density at radius 1 is 1.08 bits per heavy atom. The number of rotatable bonds is 1. The number of aliphatic hydroxyl groups excluding tert-OH is 1. The minimum atomic E-state index is -4.62. The number of hydrogen-bond donors (Lipinski definition) is 1. The van der Waals surface area contributed by atoms with E-state index in [1.165, 1.54) is 37.4 Å². The largest absolute Gasteiger partial charge is 0.452 e. The van der Waals surface area contributed by atoms with E-state index in [4.69, 9.17) is 5.11 Å². The van der Waals surface area contributed by atoms with Gasteiger partial charge in [0.2, 0.25) is 5.82 Å². The van der Waals surface area contributed by atoms with Crippen molar-refractivity contribution in [3.8, 4) is 11.3 Å². The molecule has 25 heavy (non-hydrogen) atoms. The number of halogens is 6. The third kappa shape index (κ3) is 4.24. The van der Waals surface area contributed by atoms with Gasteiger partial charge < -0.3 is 5.11 Å². The Kier molecular flexibility index (Phi) is 5.26. The van der Waals surface area contributed by atoms with Crippen molar-refractivity contribution in [3.63, 3.8) is 0 Å². The lowest BCUT2D eigenvalue weighted by molar-refractivity contribution is -0.145. The van der Waals surface area contributed by atoms with Crippen molar-refractivity contribution in [3.05, 3.63) is 47.8 Å². The smallest absolute Gasteiger partial charge is 0.339 e. The fourth-order valence-electron chi connectivity index (χ4n) is 2.11. The first-order chi connectivity index (χ1) is 11.6. The van der Waals surface area contributed by atoms with Crippen LogP contribution in [0.2, 0.25) is 0 Å². The van der Waals surface area contributed by atoms with Crippen LogP contribution in [0.3, 0.4) is 0 Å². The zero-order valence-electron chi connectivity index (χ0n) is 12.5. The van der Waals surface area contributed by atoms with Crippen LogP contribution >= 0.6 is 0 Å². The van der Waals surface area contributed by atoms with Gasteiger partial charge in [-0.1, -0.05) is 0 Å². The molecule has 0 bridgehead atoms. The summed E-state index contributed by atoms with van der Waals surface area (Å²) in [5.74, 6) is -1.54. The second kappa shape index (κ2) is 7.05. The molecule has 3 aromatic rings. The standard InChI is InChI=1S/C13H8F4N4.CH2F2O/c1-7-11(8-2-4-9(14)5-3-8)18-6-10-19-20-12(21(7)10)13(15,16)17;2-1(3)4/h2-6H,1H3;1,4H. The zero-order chi connectivity index (χ0) is 18.8. The Balaban J connectivity index is 0.000000511. The van der Waals surface area contributed by atoms with E-state index in [9.17, 15) is 26.3 Å². The van der Waals surface area contributed by atoms with Crippen LogP contribution in [-0.2, 0) is 6.18 Å². The summed E-state index contributed by atoms with van der Waals surface area (Å²) in [5, 5.41) is 13.4. The number of benzene rings is 1. The lowest BCUT2D eigenvalue weighted by atomic mass is 10.1. The molecule has 0 saturated heterocycles. The average Bonchev–Trinajstić information content (AvgIpc) is 2.93. The Bertz CT molecular complexity index is 857. The molecule has 2 heterocycles. The molecular formula is C14H10F6N4O. The maximum Gasteiger partial charge on any atom is 0.452 e. The van der Waals surface area contributed by atoms with Crippen LogP contribution in [0.1, 0.15) is 11.5 Å². The first-order valence-corrected chi connectivity index (χ1v) is 6.61. The highest BCUT2D eigenvalue weighted by Gasteiger charge is 2.37. The number of fused-ring (bicyclic) bond motifs is 1. The van der Waals surface area contributed by atoms with Gasteiger partial charge in [-0.2, -0.15) is 22.0 Å². The molecule has 0 saturated carbocycles. The molecule has 0 atom stereocenters. The summed E-state index contributed by atoms with van der Waals surface area (Å²) in [6.45, 7) is -1.68. The van der Waals surface area contributed by atoms with Crippen LogP contribution in [0.4, 0.5) is 26.3 Å². The predicted octanol–water partition coefficient (Wildman–Crippen LogP) is 3.46. The Hall–Kier alpha value is -2.69. The van der Waals surface area contributed by atoms with Crippen LogP contribution in [0, 0.1) is 12.7 Å². The molecule has 1 N–H and O–H groups in total. The number of aliphatic hydroxyl groups is 1. The van der Waals surface area contributed by atoms with Crippen molar-refractivity contribution in [2.24, 2.45) is 0 Å². The van der Waals surface area contributed by atoms with Gasteiger partial charge in [0.05, 0.1) is 11.9 Å². The van der Waals surface area contributed by atoms with Crippen molar-refractivity contribution in [2.75, 3.05) is 0 Å². The molecule has 0 spiro atoms. The van der Waals surface area contributed by atoms with Crippen molar-refractivity contribution in [2.45, 2.75) is 19.7 Å². The Morgan fingerprint density at radius 3 is 2.16 bits per heavy atom. The first kappa shape index (κ1) is 18.6. The Morgan fingerprint density at radius 2 is 1.64 bits per heavy atom. The summed E-state index contributed by atoms with van der Waals surface area (Å²) >= 11 is 0. The van der Waals surface area contributed by atoms with Gasteiger partial charge in [0.1, 0.15) is 5.82 Å². The maximum atomic E-state index is 12.9. The predicted molar refractivity (Wildman–Crippen MR) is 74.1 cm³/mol. The van der Waals surface area contributed by atoms with Crippen LogP contribution in [0.15, 0.2) is 30.5 Å². The molecule has 134 valence electrons. The molecular weight excluding hydrogens is 354 g/mol. The molecule has 0 fully saturated rings. The lowest BCUT2D eigenvalue weighted by Crippen LogP contribution is -2.13. The van der Waals surface area contributed by atoms with E-state index < -0.39 is 24.4 Å². The Labute approximate surface area is 136 Å². The summed E-state index contributed by atoms with van der Waals surface area (Å²) in [4.78, 5) is 4.09. The molecule has 1 aromatic carbocycles. The van der Waals surface area contributed by atoms with Crippen molar-refractivity contribution >= 4 is 5.65 Å². The van der Waals surface area contributed by atoms with Crippen LogP contribution in [0.5, 0.6) is 0 Å². The van der Waals surface area contributed by atoms with E-state index >= 15 is 0 Å². The van der Waals surface area contributed by atoms with E-state index in [0.29, 0.717) is 11.3 Å². The molecule has 5 nitrogen and oxygen atoms in total. The second-order valence-electron chi connectivity index (χ2n) is 4.69. The topological polar surface area (TPSA) is 63.3 Å². The van der Waals surface area contributed by atoms with Crippen LogP contribution in [0.25, 0.3) is 16.9 Å². The van der Waals surface area contributed by atoms with Crippen LogP contribution in [-0.4, -0.2) is 31.3 Å². The molecule has 0 radical (unpaired) electrons. The van der Waals surface area contributed by atoms with Crippen molar-refractivity contribution < 1.29 is 31.4 Å². The maximum absolute atomic E-state index is 12.9. The summed E-state index contributed by atoms with van der Waals surface area (Å²) in [5.41, 5.74) is 1.06. The highest BCUT2D eigenvalue weighted by Crippen LogP contribution is 2.30. The highest BCUT2D eigenvalue weighted by molar-refractivity contribution is 5.63. The van der Waals surface area contributed by atoms with Crippen molar-refractivity contribution in [1.82, 2.24) is 19.6 Å². The van der Waals surface area contributed by atoms with Gasteiger partial charge in [-0.3, -0.25) is 9.38 Å². The third-order valence-electron chi connectivity index (χ3n) is 3.05. The van der Waals surface area contributed by atoms with E-state index in [1.807, 2.05) is 0 Å². The van der Waals surface area contributed by atoms with E-state index in [1.54, 1.807) is 0 Å². The lowest BCUT2D eigenvalue weighted by Gasteiger charge is -2.10. The summed E-state index contributed by atoms with van der Waals surface area (Å²) in [7, 11) is 0. The van der Waals surface area contributed by atoms with Gasteiger partial charge in [0.15, 0.2) is 5.65 Å². The summed E-state index contributed by atoms with van der Waals surface area (Å²) in [6, 6.07) is 5.34. The number of hydrogen-bond acceptors (Lipinski definition) is 4. The second-order valence-corrected chi connectivity index (χ2v) is 4.69. The summed E-state index contributed by atoms with van der Waals surface area (Å²) < 4.78 is 72.4. The molecule has 0 unspecified atom stereocenters. The molecule has 11 heteroatoms. The van der Waals surface area contributed by atoms with Crippen molar-refractivity contribution in [1.29, 1.82) is 0 Å². The molecule has 0 aliphatic carbocycles. The minimum Gasteiger partial charge on any atom is -0.339 e. The van der Waals surface area contributed by atoms with Gasteiger partial charge in [-0.05, 0) is 31.2 Å². The average molecular weight is 364 g/mol. The quantitative estimate of drug-likeness (QED) is 0.672. The molecule has 3 rings (SSSR count). The van der Waals surface area contributed by atoms with Gasteiger partial charge >= 0.3 is 12.8 Å². The SMILES string of the molecule is Cc1c(-c2ccc(F)cc2)ncc2nnc(C(F)(F)F)n12.OC(F)F. The molecule has 2 aromatic heterocycles. The highest BCUT2D eigenvalue weighted by atomic mass is 19.4. The number of nitrogens with zero attached hydrogens (tertiary/aromatic N) is 4. The molecule has 0 aliphatic rings.